The minimum atomic E-state index is -0.904. The highest BCUT2D eigenvalue weighted by Crippen LogP contribution is 2.27. The van der Waals surface area contributed by atoms with Gasteiger partial charge in [0, 0.05) is 5.56 Å². The molecule has 0 fully saturated rings. The summed E-state index contributed by atoms with van der Waals surface area (Å²) in [7, 11) is 0. The molecule has 1 aromatic heterocycles. The van der Waals surface area contributed by atoms with Crippen LogP contribution in [0.5, 0.6) is 0 Å². The van der Waals surface area contributed by atoms with Crippen LogP contribution in [0.25, 0.3) is 11.4 Å². The molecule has 2 aromatic rings. The molecule has 0 aliphatic heterocycles. The van der Waals surface area contributed by atoms with Crippen LogP contribution in [-0.2, 0) is 10.2 Å². The van der Waals surface area contributed by atoms with E-state index < -0.39 is 12.0 Å². The number of hydrogen-bond acceptors (Lipinski definition) is 4. The van der Waals surface area contributed by atoms with Gasteiger partial charge in [0.2, 0.25) is 0 Å². The molecule has 6 nitrogen and oxygen atoms in total. The maximum absolute atomic E-state index is 11.6. The van der Waals surface area contributed by atoms with E-state index in [2.05, 4.69) is 36.3 Å². The van der Waals surface area contributed by atoms with Gasteiger partial charge in [-0.1, -0.05) is 64.8 Å². The van der Waals surface area contributed by atoms with Gasteiger partial charge in [-0.15, -0.1) is 5.10 Å². The predicted octanol–water partition coefficient (Wildman–Crippen LogP) is 3.45. The van der Waals surface area contributed by atoms with Crippen LogP contribution >= 0.6 is 0 Å². The highest BCUT2D eigenvalue weighted by atomic mass is 16.4. The second kappa shape index (κ2) is 6.89. The summed E-state index contributed by atoms with van der Waals surface area (Å²) in [5.74, 6) is -0.410. The van der Waals surface area contributed by atoms with Crippen molar-refractivity contribution >= 4 is 5.97 Å². The number of aliphatic carboxylic acids is 1. The fourth-order valence-corrected chi connectivity index (χ4v) is 2.46. The lowest BCUT2D eigenvalue weighted by Crippen LogP contribution is -2.21. The Morgan fingerprint density at radius 3 is 2.43 bits per heavy atom. The van der Waals surface area contributed by atoms with Crippen LogP contribution in [0.3, 0.4) is 0 Å². The number of carboxylic acid groups (broad SMARTS) is 1. The van der Waals surface area contributed by atoms with Crippen LogP contribution < -0.4 is 0 Å². The number of carbonyl (C=O) groups is 1. The van der Waals surface area contributed by atoms with Gasteiger partial charge in [-0.05, 0) is 27.8 Å². The number of benzene rings is 1. The minimum Gasteiger partial charge on any atom is -0.480 e. The monoisotopic (exact) mass is 316 g/mol. The maximum Gasteiger partial charge on any atom is 0.328 e. The zero-order valence-electron chi connectivity index (χ0n) is 14.2. The quantitative estimate of drug-likeness (QED) is 0.882. The molecule has 1 N–H and O–H groups in total. The number of aromatic nitrogens is 4. The van der Waals surface area contributed by atoms with Crippen molar-refractivity contribution in [2.75, 3.05) is 0 Å². The fraction of sp³-hybridized carbons (Fsp3) is 0.529. The van der Waals surface area contributed by atoms with Crippen LogP contribution in [0.4, 0.5) is 0 Å². The van der Waals surface area contributed by atoms with E-state index in [9.17, 15) is 9.90 Å². The first-order chi connectivity index (χ1) is 10.8. The molecular weight excluding hydrogens is 292 g/mol. The van der Waals surface area contributed by atoms with E-state index in [1.807, 2.05) is 31.2 Å². The van der Waals surface area contributed by atoms with Crippen molar-refractivity contribution in [3.8, 4) is 11.4 Å². The van der Waals surface area contributed by atoms with Gasteiger partial charge in [0.15, 0.2) is 11.9 Å². The Morgan fingerprint density at radius 1 is 1.26 bits per heavy atom. The fourth-order valence-electron chi connectivity index (χ4n) is 2.46. The molecule has 23 heavy (non-hydrogen) atoms. The summed E-state index contributed by atoms with van der Waals surface area (Å²) in [6.07, 6.45) is 2.27. The van der Waals surface area contributed by atoms with Gasteiger partial charge in [0.05, 0.1) is 0 Å². The van der Waals surface area contributed by atoms with Crippen molar-refractivity contribution in [3.63, 3.8) is 0 Å². The summed E-state index contributed by atoms with van der Waals surface area (Å²) in [5, 5.41) is 21.1. The average Bonchev–Trinajstić information content (AvgIpc) is 2.96. The molecule has 0 radical (unpaired) electrons. The van der Waals surface area contributed by atoms with Crippen molar-refractivity contribution in [2.24, 2.45) is 0 Å². The maximum atomic E-state index is 11.6. The number of hydrogen-bond donors (Lipinski definition) is 1. The van der Waals surface area contributed by atoms with Crippen LogP contribution in [0.15, 0.2) is 24.3 Å². The number of rotatable bonds is 6. The highest BCUT2D eigenvalue weighted by Gasteiger charge is 2.24. The third kappa shape index (κ3) is 3.94. The number of unbranched alkanes of at least 4 members (excludes halogenated alkanes) is 1. The summed E-state index contributed by atoms with van der Waals surface area (Å²) in [5.41, 5.74) is 2.10. The Morgan fingerprint density at radius 2 is 1.91 bits per heavy atom. The second-order valence-corrected chi connectivity index (χ2v) is 6.77. The zero-order valence-corrected chi connectivity index (χ0v) is 14.2. The standard InChI is InChI=1S/C17H24N4O2/c1-5-6-7-14(16(22)23)21-15(18-19-20-21)12-8-10-13(11-9-12)17(2,3)4/h8-11,14H,5-7H2,1-4H3,(H,22,23). The molecular formula is C17H24N4O2. The van der Waals surface area contributed by atoms with Crippen molar-refractivity contribution in [2.45, 2.75) is 58.4 Å². The first kappa shape index (κ1) is 17.1. The summed E-state index contributed by atoms with van der Waals surface area (Å²) in [6, 6.07) is 7.23. The normalized spacial score (nSPS) is 13.0. The van der Waals surface area contributed by atoms with Crippen LogP contribution in [0.1, 0.15) is 58.6 Å². The molecule has 2 rings (SSSR count). The van der Waals surface area contributed by atoms with Crippen LogP contribution in [-0.4, -0.2) is 31.3 Å². The molecule has 0 spiro atoms. The number of tetrazole rings is 1. The van der Waals surface area contributed by atoms with Crippen molar-refractivity contribution in [1.82, 2.24) is 20.2 Å². The molecule has 1 unspecified atom stereocenters. The van der Waals surface area contributed by atoms with Gasteiger partial charge in [0.1, 0.15) is 0 Å². The zero-order chi connectivity index (χ0) is 17.0. The third-order valence-corrected chi connectivity index (χ3v) is 3.91. The van der Waals surface area contributed by atoms with E-state index in [1.54, 1.807) is 0 Å². The van der Waals surface area contributed by atoms with Crippen molar-refractivity contribution < 1.29 is 9.90 Å². The minimum absolute atomic E-state index is 0.0647. The smallest absolute Gasteiger partial charge is 0.328 e. The highest BCUT2D eigenvalue weighted by molar-refractivity contribution is 5.72. The van der Waals surface area contributed by atoms with Gasteiger partial charge in [-0.2, -0.15) is 0 Å². The van der Waals surface area contributed by atoms with E-state index in [0.717, 1.165) is 18.4 Å². The molecule has 6 heteroatoms. The lowest BCUT2D eigenvalue weighted by atomic mass is 9.86. The SMILES string of the molecule is CCCCC(C(=O)O)n1nnnc1-c1ccc(C(C)(C)C)cc1. The number of nitrogens with zero attached hydrogens (tertiary/aromatic N) is 4. The van der Waals surface area contributed by atoms with E-state index in [1.165, 1.54) is 10.2 Å². The Balaban J connectivity index is 2.34. The van der Waals surface area contributed by atoms with Crippen LogP contribution in [0, 0.1) is 0 Å². The predicted molar refractivity (Wildman–Crippen MR) is 88.2 cm³/mol. The van der Waals surface area contributed by atoms with Gasteiger partial charge in [-0.25, -0.2) is 9.48 Å². The van der Waals surface area contributed by atoms with Gasteiger partial charge < -0.3 is 5.11 Å². The molecule has 0 bridgehead atoms. The molecule has 1 heterocycles. The molecule has 1 atom stereocenters. The molecule has 124 valence electrons. The lowest BCUT2D eigenvalue weighted by molar-refractivity contribution is -0.141. The second-order valence-electron chi connectivity index (χ2n) is 6.77. The lowest BCUT2D eigenvalue weighted by Gasteiger charge is -2.19. The molecule has 0 saturated carbocycles. The Labute approximate surface area is 136 Å². The Kier molecular flexibility index (Phi) is 5.13. The third-order valence-electron chi connectivity index (χ3n) is 3.91. The molecule has 1 aromatic carbocycles. The van der Waals surface area contributed by atoms with Gasteiger partial charge in [0.25, 0.3) is 0 Å². The largest absolute Gasteiger partial charge is 0.480 e. The summed E-state index contributed by atoms with van der Waals surface area (Å²) >= 11 is 0. The Bertz CT molecular complexity index is 656. The van der Waals surface area contributed by atoms with E-state index in [4.69, 9.17) is 0 Å². The molecule has 0 saturated heterocycles. The van der Waals surface area contributed by atoms with Crippen molar-refractivity contribution in [1.29, 1.82) is 0 Å². The first-order valence-electron chi connectivity index (χ1n) is 7.96. The van der Waals surface area contributed by atoms with Gasteiger partial charge >= 0.3 is 5.97 Å². The first-order valence-corrected chi connectivity index (χ1v) is 7.96. The average molecular weight is 316 g/mol. The van der Waals surface area contributed by atoms with E-state index in [0.29, 0.717) is 12.2 Å². The summed E-state index contributed by atoms with van der Waals surface area (Å²) in [4.78, 5) is 11.6. The van der Waals surface area contributed by atoms with Crippen molar-refractivity contribution in [3.05, 3.63) is 29.8 Å². The Hall–Kier alpha value is -2.24. The molecule has 0 amide bonds. The summed E-state index contributed by atoms with van der Waals surface area (Å²) in [6.45, 7) is 8.48. The van der Waals surface area contributed by atoms with E-state index in [-0.39, 0.29) is 5.41 Å². The van der Waals surface area contributed by atoms with Gasteiger partial charge in [-0.3, -0.25) is 0 Å². The van der Waals surface area contributed by atoms with E-state index >= 15 is 0 Å². The summed E-state index contributed by atoms with van der Waals surface area (Å²) < 4.78 is 1.42. The molecule has 0 aliphatic rings. The number of carboxylic acids is 1. The van der Waals surface area contributed by atoms with Crippen LogP contribution in [0.2, 0.25) is 0 Å². The topological polar surface area (TPSA) is 80.9 Å². The molecule has 0 aliphatic carbocycles.